The van der Waals surface area contributed by atoms with Crippen molar-refractivity contribution < 1.29 is 9.90 Å². The highest BCUT2D eigenvalue weighted by Crippen LogP contribution is 1.92. The number of aliphatic carboxylic acids is 1. The maximum Gasteiger partial charge on any atom is 0.311 e. The monoisotopic (exact) mass is 171 g/mol. The lowest BCUT2D eigenvalue weighted by molar-refractivity contribution is -0.136. The summed E-state index contributed by atoms with van der Waals surface area (Å²) in [6.07, 6.45) is -0.175. The van der Waals surface area contributed by atoms with E-state index in [0.29, 0.717) is 5.82 Å². The van der Waals surface area contributed by atoms with Gasteiger partial charge in [0.15, 0.2) is 5.82 Å². The number of hydrogen-bond acceptors (Lipinski definition) is 5. The number of rotatable bonds is 3. The SMILES string of the molecule is CN(C)n1nnnc1CC(=O)O. The van der Waals surface area contributed by atoms with Gasteiger partial charge in [-0.05, 0) is 10.4 Å². The second kappa shape index (κ2) is 3.16. The van der Waals surface area contributed by atoms with Crippen LogP contribution in [-0.2, 0) is 11.2 Å². The van der Waals surface area contributed by atoms with E-state index in [0.717, 1.165) is 0 Å². The van der Waals surface area contributed by atoms with E-state index in [1.54, 1.807) is 19.1 Å². The molecule has 0 saturated heterocycles. The predicted octanol–water partition coefficient (Wildman–Crippen LogP) is -1.50. The minimum absolute atomic E-state index is 0.175. The average Bonchev–Trinajstić information content (AvgIpc) is 2.33. The molecule has 0 atom stereocenters. The molecule has 1 aromatic heterocycles. The van der Waals surface area contributed by atoms with Gasteiger partial charge in [0.05, 0.1) is 0 Å². The number of carboxylic acids is 1. The summed E-state index contributed by atoms with van der Waals surface area (Å²) in [7, 11) is 3.45. The Balaban J connectivity index is 2.84. The van der Waals surface area contributed by atoms with Crippen molar-refractivity contribution in [2.24, 2.45) is 0 Å². The summed E-state index contributed by atoms with van der Waals surface area (Å²) in [5.74, 6) is -0.639. The van der Waals surface area contributed by atoms with Crippen molar-refractivity contribution in [2.75, 3.05) is 19.1 Å². The summed E-state index contributed by atoms with van der Waals surface area (Å²) in [5, 5.41) is 20.6. The highest BCUT2D eigenvalue weighted by molar-refractivity contribution is 5.68. The Hall–Kier alpha value is -1.66. The molecule has 0 saturated carbocycles. The second-order valence-corrected chi connectivity index (χ2v) is 2.40. The average molecular weight is 171 g/mol. The molecule has 0 spiro atoms. The first-order valence-corrected chi connectivity index (χ1v) is 3.28. The van der Waals surface area contributed by atoms with E-state index in [1.165, 1.54) is 4.79 Å². The second-order valence-electron chi connectivity index (χ2n) is 2.40. The summed E-state index contributed by atoms with van der Waals surface area (Å²) in [4.78, 5) is 11.6. The van der Waals surface area contributed by atoms with E-state index in [9.17, 15) is 4.79 Å². The van der Waals surface area contributed by atoms with Crippen LogP contribution >= 0.6 is 0 Å². The van der Waals surface area contributed by atoms with Crippen molar-refractivity contribution in [2.45, 2.75) is 6.42 Å². The van der Waals surface area contributed by atoms with E-state index in [-0.39, 0.29) is 6.42 Å². The highest BCUT2D eigenvalue weighted by atomic mass is 16.4. The van der Waals surface area contributed by atoms with Crippen LogP contribution in [0, 0.1) is 0 Å². The van der Waals surface area contributed by atoms with Crippen LogP contribution in [0.15, 0.2) is 0 Å². The molecule has 0 aliphatic carbocycles. The smallest absolute Gasteiger partial charge is 0.311 e. The predicted molar refractivity (Wildman–Crippen MR) is 39.2 cm³/mol. The minimum atomic E-state index is -0.951. The Bertz CT molecular complexity index is 281. The van der Waals surface area contributed by atoms with E-state index in [1.807, 2.05) is 0 Å². The van der Waals surface area contributed by atoms with Crippen LogP contribution in [0.3, 0.4) is 0 Å². The molecule has 0 radical (unpaired) electrons. The molecule has 1 heterocycles. The highest BCUT2D eigenvalue weighted by Gasteiger charge is 2.10. The van der Waals surface area contributed by atoms with Gasteiger partial charge in [-0.25, -0.2) is 0 Å². The molecule has 0 fully saturated rings. The molecule has 7 heteroatoms. The molecule has 0 aliphatic rings. The summed E-state index contributed by atoms with van der Waals surface area (Å²) < 4.78 is 0. The molecular weight excluding hydrogens is 162 g/mol. The lowest BCUT2D eigenvalue weighted by Gasteiger charge is -2.11. The summed E-state index contributed by atoms with van der Waals surface area (Å²) in [6, 6.07) is 0. The van der Waals surface area contributed by atoms with E-state index < -0.39 is 5.97 Å². The largest absolute Gasteiger partial charge is 0.481 e. The van der Waals surface area contributed by atoms with E-state index >= 15 is 0 Å². The van der Waals surface area contributed by atoms with Gasteiger partial charge >= 0.3 is 5.97 Å². The normalized spacial score (nSPS) is 9.83. The van der Waals surface area contributed by atoms with Crippen LogP contribution in [0.1, 0.15) is 5.82 Å². The fourth-order valence-corrected chi connectivity index (χ4v) is 0.753. The number of aromatic nitrogens is 4. The number of carboxylic acid groups (broad SMARTS) is 1. The van der Waals surface area contributed by atoms with Crippen LogP contribution < -0.4 is 5.01 Å². The van der Waals surface area contributed by atoms with Gasteiger partial charge in [0.1, 0.15) is 6.42 Å². The molecule has 0 unspecified atom stereocenters. The Kier molecular flexibility index (Phi) is 2.22. The topological polar surface area (TPSA) is 84.1 Å². The van der Waals surface area contributed by atoms with E-state index in [2.05, 4.69) is 15.5 Å². The maximum atomic E-state index is 10.3. The quantitative estimate of drug-likeness (QED) is 0.595. The Morgan fingerprint density at radius 2 is 2.33 bits per heavy atom. The third-order valence-electron chi connectivity index (χ3n) is 1.20. The van der Waals surface area contributed by atoms with Gasteiger partial charge in [-0.1, -0.05) is 0 Å². The van der Waals surface area contributed by atoms with Gasteiger partial charge in [0, 0.05) is 14.1 Å². The van der Waals surface area contributed by atoms with Crippen molar-refractivity contribution >= 4 is 5.97 Å². The number of hydrogen-bond donors (Lipinski definition) is 1. The molecule has 7 nitrogen and oxygen atoms in total. The fourth-order valence-electron chi connectivity index (χ4n) is 0.753. The van der Waals surface area contributed by atoms with Crippen LogP contribution in [0.2, 0.25) is 0 Å². The molecule has 1 rings (SSSR count). The molecule has 12 heavy (non-hydrogen) atoms. The molecule has 1 aromatic rings. The maximum absolute atomic E-state index is 10.3. The summed E-state index contributed by atoms with van der Waals surface area (Å²) in [6.45, 7) is 0. The van der Waals surface area contributed by atoms with Crippen molar-refractivity contribution in [3.8, 4) is 0 Å². The number of tetrazole rings is 1. The van der Waals surface area contributed by atoms with Gasteiger partial charge in [0.2, 0.25) is 0 Å². The van der Waals surface area contributed by atoms with Gasteiger partial charge in [0.25, 0.3) is 0 Å². The van der Waals surface area contributed by atoms with Crippen LogP contribution in [0.25, 0.3) is 0 Å². The Morgan fingerprint density at radius 3 is 2.83 bits per heavy atom. The molecule has 0 bridgehead atoms. The zero-order valence-corrected chi connectivity index (χ0v) is 6.80. The van der Waals surface area contributed by atoms with Gasteiger partial charge in [-0.2, -0.15) is 0 Å². The van der Waals surface area contributed by atoms with E-state index in [4.69, 9.17) is 5.11 Å². The van der Waals surface area contributed by atoms with Crippen molar-refractivity contribution in [3.05, 3.63) is 5.82 Å². The summed E-state index contributed by atoms with van der Waals surface area (Å²) in [5.41, 5.74) is 0. The number of nitrogens with zero attached hydrogens (tertiary/aromatic N) is 5. The van der Waals surface area contributed by atoms with Crippen molar-refractivity contribution in [1.29, 1.82) is 0 Å². The first-order valence-electron chi connectivity index (χ1n) is 3.28. The molecule has 66 valence electrons. The van der Waals surface area contributed by atoms with Gasteiger partial charge in [-0.3, -0.25) is 9.80 Å². The standard InChI is InChI=1S/C5H9N5O2/c1-9(2)10-4(3-5(11)12)6-7-8-10/h3H2,1-2H3,(H,11,12). The summed E-state index contributed by atoms with van der Waals surface area (Å²) >= 11 is 0. The fraction of sp³-hybridized carbons (Fsp3) is 0.600. The number of carbonyl (C=O) groups is 1. The molecule has 0 amide bonds. The molecule has 1 N–H and O–H groups in total. The first kappa shape index (κ1) is 8.44. The molecule has 0 aliphatic heterocycles. The Labute approximate surface area is 68.6 Å². The van der Waals surface area contributed by atoms with Gasteiger partial charge in [-0.15, -0.1) is 9.89 Å². The third-order valence-corrected chi connectivity index (χ3v) is 1.20. The molecule has 0 aromatic carbocycles. The third kappa shape index (κ3) is 1.68. The van der Waals surface area contributed by atoms with Gasteiger partial charge < -0.3 is 5.11 Å². The lowest BCUT2D eigenvalue weighted by atomic mass is 10.4. The zero-order valence-electron chi connectivity index (χ0n) is 6.80. The van der Waals surface area contributed by atoms with Crippen molar-refractivity contribution in [3.63, 3.8) is 0 Å². The first-order chi connectivity index (χ1) is 5.61. The van der Waals surface area contributed by atoms with Crippen LogP contribution in [-0.4, -0.2) is 45.5 Å². The van der Waals surface area contributed by atoms with Crippen molar-refractivity contribution in [1.82, 2.24) is 20.3 Å². The van der Waals surface area contributed by atoms with Crippen LogP contribution in [0.4, 0.5) is 0 Å². The lowest BCUT2D eigenvalue weighted by Crippen LogP contribution is -2.29. The Morgan fingerprint density at radius 1 is 1.67 bits per heavy atom. The minimum Gasteiger partial charge on any atom is -0.481 e. The zero-order chi connectivity index (χ0) is 9.14. The van der Waals surface area contributed by atoms with Crippen LogP contribution in [0.5, 0.6) is 0 Å². The molecular formula is C5H9N5O2.